The number of amides is 2. The van der Waals surface area contributed by atoms with Crippen LogP contribution in [-0.4, -0.2) is 28.2 Å². The minimum absolute atomic E-state index is 0.0580. The van der Waals surface area contributed by atoms with Crippen LogP contribution in [0, 0.1) is 23.0 Å². The SMILES string of the molecule is Cc1c(C(=O)N2CCC[C@H](C(=O)Nc3cccc(C(C)(C)C)c3)[C@@H]2c2ccccc2)cccc1[N+](=O)[O-]. The van der Waals surface area contributed by atoms with Crippen LogP contribution in [0.3, 0.4) is 0 Å². The van der Waals surface area contributed by atoms with E-state index in [4.69, 9.17) is 0 Å². The molecule has 1 heterocycles. The summed E-state index contributed by atoms with van der Waals surface area (Å²) in [5.41, 5.74) is 3.17. The van der Waals surface area contributed by atoms with Gasteiger partial charge in [0.2, 0.25) is 5.91 Å². The number of nitro benzene ring substituents is 1. The third kappa shape index (κ3) is 5.56. The van der Waals surface area contributed by atoms with Crippen molar-refractivity contribution in [3.63, 3.8) is 0 Å². The van der Waals surface area contributed by atoms with Crippen molar-refractivity contribution >= 4 is 23.2 Å². The van der Waals surface area contributed by atoms with E-state index in [9.17, 15) is 19.7 Å². The number of anilines is 1. The monoisotopic (exact) mass is 499 g/mol. The zero-order valence-corrected chi connectivity index (χ0v) is 21.7. The molecule has 1 N–H and O–H groups in total. The van der Waals surface area contributed by atoms with E-state index >= 15 is 0 Å². The van der Waals surface area contributed by atoms with Gasteiger partial charge in [0.05, 0.1) is 16.9 Å². The maximum absolute atomic E-state index is 13.8. The van der Waals surface area contributed by atoms with Crippen molar-refractivity contribution in [2.45, 2.75) is 52.0 Å². The molecule has 192 valence electrons. The Morgan fingerprint density at radius 2 is 1.70 bits per heavy atom. The van der Waals surface area contributed by atoms with Gasteiger partial charge in [-0.05, 0) is 54.5 Å². The van der Waals surface area contributed by atoms with Gasteiger partial charge < -0.3 is 10.2 Å². The van der Waals surface area contributed by atoms with E-state index in [1.54, 1.807) is 17.9 Å². The fourth-order valence-corrected chi connectivity index (χ4v) is 5.07. The van der Waals surface area contributed by atoms with Crippen molar-refractivity contribution in [1.82, 2.24) is 4.90 Å². The number of carbonyl (C=O) groups excluding carboxylic acids is 2. The maximum atomic E-state index is 13.8. The van der Waals surface area contributed by atoms with Crippen molar-refractivity contribution < 1.29 is 14.5 Å². The topological polar surface area (TPSA) is 92.6 Å². The van der Waals surface area contributed by atoms with E-state index in [0.717, 1.165) is 16.8 Å². The van der Waals surface area contributed by atoms with Crippen LogP contribution in [-0.2, 0) is 10.2 Å². The second-order valence-electron chi connectivity index (χ2n) is 10.6. The number of benzene rings is 3. The normalized spacial score (nSPS) is 17.8. The minimum atomic E-state index is -0.494. The molecule has 1 aliphatic heterocycles. The standard InChI is InChI=1S/C30H33N3O4/c1-20-24(15-9-17-26(20)33(36)37)29(35)32-18-10-16-25(27(32)21-11-6-5-7-12-21)28(34)31-23-14-8-13-22(19-23)30(2,3)4/h5-9,11-15,17,19,25,27H,10,16,18H2,1-4H3,(H,31,34)/t25-,27-/m0/s1. The van der Waals surface area contributed by atoms with Gasteiger partial charge in [0.25, 0.3) is 11.6 Å². The first-order chi connectivity index (χ1) is 17.6. The van der Waals surface area contributed by atoms with Crippen LogP contribution in [0.25, 0.3) is 0 Å². The highest BCUT2D eigenvalue weighted by Gasteiger charge is 2.40. The Hall–Kier alpha value is -4.00. The van der Waals surface area contributed by atoms with Crippen LogP contribution in [0.4, 0.5) is 11.4 Å². The summed E-state index contributed by atoms with van der Waals surface area (Å²) in [6.45, 7) is 8.43. The summed E-state index contributed by atoms with van der Waals surface area (Å²) in [6, 6.07) is 21.5. The zero-order chi connectivity index (χ0) is 26.7. The highest BCUT2D eigenvalue weighted by Crippen LogP contribution is 2.39. The fourth-order valence-electron chi connectivity index (χ4n) is 5.07. The van der Waals surface area contributed by atoms with Gasteiger partial charge in [0.1, 0.15) is 0 Å². The number of carbonyl (C=O) groups is 2. The molecular formula is C30H33N3O4. The van der Waals surface area contributed by atoms with E-state index in [1.165, 1.54) is 12.1 Å². The lowest BCUT2D eigenvalue weighted by Gasteiger charge is -2.41. The highest BCUT2D eigenvalue weighted by molar-refractivity contribution is 5.98. The quantitative estimate of drug-likeness (QED) is 0.323. The molecule has 37 heavy (non-hydrogen) atoms. The van der Waals surface area contributed by atoms with Gasteiger partial charge in [-0.2, -0.15) is 0 Å². The first kappa shape index (κ1) is 26.1. The maximum Gasteiger partial charge on any atom is 0.273 e. The first-order valence-electron chi connectivity index (χ1n) is 12.6. The molecule has 0 spiro atoms. The molecule has 0 saturated carbocycles. The second kappa shape index (κ2) is 10.5. The number of hydrogen-bond donors (Lipinski definition) is 1. The summed E-state index contributed by atoms with van der Waals surface area (Å²) >= 11 is 0. The van der Waals surface area contributed by atoms with Gasteiger partial charge in [-0.1, -0.05) is 69.3 Å². The second-order valence-corrected chi connectivity index (χ2v) is 10.6. The Kier molecular flexibility index (Phi) is 7.43. The minimum Gasteiger partial charge on any atom is -0.331 e. The van der Waals surface area contributed by atoms with Crippen molar-refractivity contribution in [2.24, 2.45) is 5.92 Å². The molecular weight excluding hydrogens is 466 g/mol. The Bertz CT molecular complexity index is 1310. The average molecular weight is 500 g/mol. The average Bonchev–Trinajstić information content (AvgIpc) is 2.88. The van der Waals surface area contributed by atoms with Crippen LogP contribution >= 0.6 is 0 Å². The summed E-state index contributed by atoms with van der Waals surface area (Å²) in [4.78, 5) is 40.2. The molecule has 0 aromatic heterocycles. The fraction of sp³-hybridized carbons (Fsp3) is 0.333. The van der Waals surface area contributed by atoms with Crippen molar-refractivity contribution in [2.75, 3.05) is 11.9 Å². The third-order valence-electron chi connectivity index (χ3n) is 7.10. The molecule has 3 aromatic rings. The molecule has 0 aliphatic carbocycles. The van der Waals surface area contributed by atoms with Crippen LogP contribution in [0.5, 0.6) is 0 Å². The highest BCUT2D eigenvalue weighted by atomic mass is 16.6. The summed E-state index contributed by atoms with van der Waals surface area (Å²) in [6.07, 6.45) is 1.28. The molecule has 7 heteroatoms. The van der Waals surface area contributed by atoms with Gasteiger partial charge in [-0.25, -0.2) is 0 Å². The predicted molar refractivity (Wildman–Crippen MR) is 145 cm³/mol. The molecule has 4 rings (SSSR count). The van der Waals surface area contributed by atoms with E-state index < -0.39 is 16.9 Å². The zero-order valence-electron chi connectivity index (χ0n) is 21.7. The molecule has 1 fully saturated rings. The van der Waals surface area contributed by atoms with E-state index in [-0.39, 0.29) is 28.5 Å². The summed E-state index contributed by atoms with van der Waals surface area (Å²) in [5.74, 6) is -0.923. The number of likely N-dealkylation sites (tertiary alicyclic amines) is 1. The van der Waals surface area contributed by atoms with Crippen LogP contribution < -0.4 is 5.32 Å². The molecule has 2 amide bonds. The molecule has 1 aliphatic rings. The summed E-state index contributed by atoms with van der Waals surface area (Å²) in [5, 5.41) is 14.6. The lowest BCUT2D eigenvalue weighted by Crippen LogP contribution is -2.46. The van der Waals surface area contributed by atoms with Crippen LogP contribution in [0.15, 0.2) is 72.8 Å². The predicted octanol–water partition coefficient (Wildman–Crippen LogP) is 6.43. The van der Waals surface area contributed by atoms with Gasteiger partial charge >= 0.3 is 0 Å². The number of piperidine rings is 1. The van der Waals surface area contributed by atoms with E-state index in [1.807, 2.05) is 54.6 Å². The molecule has 0 bridgehead atoms. The van der Waals surface area contributed by atoms with Gasteiger partial charge in [0.15, 0.2) is 0 Å². The molecule has 1 saturated heterocycles. The Morgan fingerprint density at radius 1 is 1.00 bits per heavy atom. The largest absolute Gasteiger partial charge is 0.331 e. The molecule has 3 aromatic carbocycles. The molecule has 0 unspecified atom stereocenters. The van der Waals surface area contributed by atoms with Crippen molar-refractivity contribution in [3.8, 4) is 0 Å². The van der Waals surface area contributed by atoms with E-state index in [0.29, 0.717) is 24.9 Å². The van der Waals surface area contributed by atoms with E-state index in [2.05, 4.69) is 26.1 Å². The smallest absolute Gasteiger partial charge is 0.273 e. The number of nitro groups is 1. The van der Waals surface area contributed by atoms with Crippen LogP contribution in [0.1, 0.15) is 66.7 Å². The molecule has 0 radical (unpaired) electrons. The Balaban J connectivity index is 1.69. The summed E-state index contributed by atoms with van der Waals surface area (Å²) < 4.78 is 0. The van der Waals surface area contributed by atoms with Gasteiger partial charge in [-0.3, -0.25) is 19.7 Å². The van der Waals surface area contributed by atoms with Gasteiger partial charge in [0, 0.05) is 29.4 Å². The lowest BCUT2D eigenvalue weighted by atomic mass is 9.83. The summed E-state index contributed by atoms with van der Waals surface area (Å²) in [7, 11) is 0. The molecule has 2 atom stereocenters. The first-order valence-corrected chi connectivity index (χ1v) is 12.6. The number of hydrogen-bond acceptors (Lipinski definition) is 4. The van der Waals surface area contributed by atoms with Gasteiger partial charge in [-0.15, -0.1) is 0 Å². The van der Waals surface area contributed by atoms with Crippen molar-refractivity contribution in [3.05, 3.63) is 105 Å². The lowest BCUT2D eigenvalue weighted by molar-refractivity contribution is -0.385. The number of rotatable bonds is 5. The molecule has 7 nitrogen and oxygen atoms in total. The number of nitrogens with zero attached hydrogens (tertiary/aromatic N) is 2. The van der Waals surface area contributed by atoms with Crippen molar-refractivity contribution in [1.29, 1.82) is 0 Å². The Labute approximate surface area is 217 Å². The Morgan fingerprint density at radius 3 is 2.38 bits per heavy atom. The third-order valence-corrected chi connectivity index (χ3v) is 7.10. The number of nitrogens with one attached hydrogen (secondary N) is 1. The van der Waals surface area contributed by atoms with Crippen LogP contribution in [0.2, 0.25) is 0 Å².